The average molecular weight is 627 g/mol. The molecule has 16 nitrogen and oxygen atoms in total. The first-order valence-electron chi connectivity index (χ1n) is 14.4. The van der Waals surface area contributed by atoms with Crippen LogP contribution < -0.4 is 16.0 Å². The third kappa shape index (κ3) is 16.5. The van der Waals surface area contributed by atoms with Crippen molar-refractivity contribution in [3.8, 4) is 0 Å². The topological polar surface area (TPSA) is 224 Å². The Labute approximate surface area is 255 Å². The fourth-order valence-electron chi connectivity index (χ4n) is 3.91. The Bertz CT molecular complexity index is 1010. The van der Waals surface area contributed by atoms with Crippen molar-refractivity contribution in [2.75, 3.05) is 46.1 Å². The Morgan fingerprint density at radius 3 is 2.16 bits per heavy atom. The van der Waals surface area contributed by atoms with E-state index in [-0.39, 0.29) is 94.5 Å². The number of nitrogens with one attached hydrogen (secondary N) is 3. The lowest BCUT2D eigenvalue weighted by molar-refractivity contribution is -0.144. The van der Waals surface area contributed by atoms with E-state index in [9.17, 15) is 38.4 Å². The molecule has 5 amide bonds. The molecule has 0 aromatic rings. The van der Waals surface area contributed by atoms with Crippen LogP contribution in [-0.2, 0) is 52.6 Å². The van der Waals surface area contributed by atoms with Crippen LogP contribution in [0.2, 0.25) is 0 Å². The highest BCUT2D eigenvalue weighted by Crippen LogP contribution is 2.08. The van der Waals surface area contributed by atoms with E-state index in [0.29, 0.717) is 32.2 Å². The summed E-state index contributed by atoms with van der Waals surface area (Å²) in [5.41, 5.74) is 0. The smallest absolute Gasteiger partial charge is 0.326 e. The van der Waals surface area contributed by atoms with Crippen LogP contribution in [0.15, 0.2) is 12.2 Å². The number of amides is 5. The number of Topliss-reactive ketones (excluding diaryl/α,β-unsaturated/α-hetero) is 1. The normalized spacial score (nSPS) is 13.7. The second-order valence-electron chi connectivity index (χ2n) is 9.71. The molecule has 0 fully saturated rings. The molecule has 0 saturated carbocycles. The molecule has 0 aliphatic carbocycles. The lowest BCUT2D eigenvalue weighted by Crippen LogP contribution is -2.47. The van der Waals surface area contributed by atoms with Crippen LogP contribution in [0.5, 0.6) is 0 Å². The first kappa shape index (κ1) is 37.8. The van der Waals surface area contributed by atoms with Crippen LogP contribution in [0, 0.1) is 0 Å². The number of hydrogen-bond acceptors (Lipinski definition) is 11. The number of hydrogen-bond donors (Lipinski definition) is 4. The number of ether oxygens (including phenoxy) is 3. The van der Waals surface area contributed by atoms with Gasteiger partial charge < -0.3 is 35.3 Å². The van der Waals surface area contributed by atoms with E-state index >= 15 is 0 Å². The van der Waals surface area contributed by atoms with Gasteiger partial charge in [0.05, 0.1) is 26.4 Å². The molecule has 0 radical (unpaired) electrons. The first-order valence-corrected chi connectivity index (χ1v) is 14.4. The summed E-state index contributed by atoms with van der Waals surface area (Å²) in [6, 6.07) is -1.98. The summed E-state index contributed by atoms with van der Waals surface area (Å²) in [6.45, 7) is 2.46. The number of unbranched alkanes of at least 4 members (excludes halogenated alkanes) is 2. The SMILES string of the molecule is CCC(NC(=O)CCCCCN1C(=O)C=CC1=O)C(=O)NCCOCCOCCC(=O)CC[C@H](NC(=O)COC=O)C(=O)O. The average Bonchev–Trinajstić information content (AvgIpc) is 3.31. The number of carboxylic acids is 1. The monoisotopic (exact) mass is 626 g/mol. The minimum absolute atomic E-state index is 0.0487. The van der Waals surface area contributed by atoms with Gasteiger partial charge >= 0.3 is 5.97 Å². The second kappa shape index (κ2) is 22.4. The second-order valence-corrected chi connectivity index (χ2v) is 9.71. The highest BCUT2D eigenvalue weighted by atomic mass is 16.5. The van der Waals surface area contributed by atoms with Crippen molar-refractivity contribution < 1.29 is 57.7 Å². The van der Waals surface area contributed by atoms with Crippen molar-refractivity contribution in [3.63, 3.8) is 0 Å². The Balaban J connectivity index is 2.07. The maximum atomic E-state index is 12.4. The molecule has 0 spiro atoms. The third-order valence-corrected chi connectivity index (χ3v) is 6.32. The third-order valence-electron chi connectivity index (χ3n) is 6.32. The van der Waals surface area contributed by atoms with Gasteiger partial charge in [0.2, 0.25) is 11.8 Å². The van der Waals surface area contributed by atoms with Crippen LogP contribution >= 0.6 is 0 Å². The molecule has 0 aromatic carbocycles. The van der Waals surface area contributed by atoms with E-state index in [1.807, 2.05) is 0 Å². The summed E-state index contributed by atoms with van der Waals surface area (Å²) in [5.74, 6) is -3.60. The van der Waals surface area contributed by atoms with Crippen molar-refractivity contribution in [2.24, 2.45) is 0 Å². The lowest BCUT2D eigenvalue weighted by Gasteiger charge is -2.17. The van der Waals surface area contributed by atoms with Gasteiger partial charge in [-0.1, -0.05) is 13.3 Å². The summed E-state index contributed by atoms with van der Waals surface area (Å²) in [5, 5.41) is 16.7. The van der Waals surface area contributed by atoms with Gasteiger partial charge in [-0.15, -0.1) is 0 Å². The van der Waals surface area contributed by atoms with Gasteiger partial charge in [-0.3, -0.25) is 38.5 Å². The van der Waals surface area contributed by atoms with Crippen LogP contribution in [0.4, 0.5) is 0 Å². The molecule has 1 rings (SSSR count). The summed E-state index contributed by atoms with van der Waals surface area (Å²) in [7, 11) is 0. The molecule has 1 unspecified atom stereocenters. The maximum absolute atomic E-state index is 12.4. The molecule has 246 valence electrons. The minimum Gasteiger partial charge on any atom is -0.480 e. The Hall–Kier alpha value is -4.18. The van der Waals surface area contributed by atoms with Crippen LogP contribution in [0.1, 0.15) is 58.3 Å². The Morgan fingerprint density at radius 1 is 0.864 bits per heavy atom. The fourth-order valence-corrected chi connectivity index (χ4v) is 3.91. The number of rotatable bonds is 26. The molecule has 0 bridgehead atoms. The number of aliphatic carboxylic acids is 1. The predicted molar refractivity (Wildman–Crippen MR) is 152 cm³/mol. The van der Waals surface area contributed by atoms with E-state index in [0.717, 1.165) is 4.90 Å². The molecule has 1 aliphatic heterocycles. The van der Waals surface area contributed by atoms with Crippen molar-refractivity contribution >= 4 is 47.8 Å². The maximum Gasteiger partial charge on any atom is 0.326 e. The van der Waals surface area contributed by atoms with Crippen LogP contribution in [0.3, 0.4) is 0 Å². The fraction of sp³-hybridized carbons (Fsp3) is 0.643. The highest BCUT2D eigenvalue weighted by molar-refractivity contribution is 6.12. The predicted octanol–water partition coefficient (Wildman–Crippen LogP) is -1.00. The quantitative estimate of drug-likeness (QED) is 0.0515. The molecule has 4 N–H and O–H groups in total. The Kier molecular flexibility index (Phi) is 19.2. The number of imide groups is 1. The number of carbonyl (C=O) groups excluding carboxylic acids is 7. The Morgan fingerprint density at radius 2 is 1.52 bits per heavy atom. The number of nitrogens with zero attached hydrogens (tertiary/aromatic N) is 1. The number of carboxylic acid groups (broad SMARTS) is 1. The van der Waals surface area contributed by atoms with E-state index in [1.165, 1.54) is 12.2 Å². The molecule has 16 heteroatoms. The molecule has 0 saturated heterocycles. The first-order chi connectivity index (χ1) is 21.1. The largest absolute Gasteiger partial charge is 0.480 e. The van der Waals surface area contributed by atoms with Crippen LogP contribution in [0.25, 0.3) is 0 Å². The van der Waals surface area contributed by atoms with Gasteiger partial charge in [-0.25, -0.2) is 4.79 Å². The van der Waals surface area contributed by atoms with E-state index in [1.54, 1.807) is 6.92 Å². The number of ketones is 1. The van der Waals surface area contributed by atoms with Gasteiger partial charge in [0.25, 0.3) is 24.2 Å². The zero-order chi connectivity index (χ0) is 32.7. The van der Waals surface area contributed by atoms with Crippen LogP contribution in [-0.4, -0.2) is 116 Å². The summed E-state index contributed by atoms with van der Waals surface area (Å²) >= 11 is 0. The van der Waals surface area contributed by atoms with Gasteiger partial charge in [-0.05, 0) is 25.7 Å². The van der Waals surface area contributed by atoms with Crippen molar-refractivity contribution in [1.82, 2.24) is 20.9 Å². The molecule has 2 atom stereocenters. The standard InChI is InChI=1S/C28H42N4O12/c1-2-21(30-23(35)6-4-3-5-13-32-25(37)9-10-26(32)38)27(39)29-12-15-43-17-16-42-14-11-20(34)7-8-22(28(40)41)31-24(36)18-44-19-33/h9-10,19,21-22H,2-8,11-18H2,1H3,(H,29,39)(H,30,35)(H,31,36)(H,40,41)/t21?,22-/m0/s1. The van der Waals surface area contributed by atoms with E-state index in [2.05, 4.69) is 20.7 Å². The molecular formula is C28H42N4O12. The van der Waals surface area contributed by atoms with Gasteiger partial charge in [0.15, 0.2) is 6.61 Å². The minimum atomic E-state index is -1.31. The van der Waals surface area contributed by atoms with Gasteiger partial charge in [0.1, 0.15) is 17.9 Å². The van der Waals surface area contributed by atoms with E-state index in [4.69, 9.17) is 14.6 Å². The summed E-state index contributed by atoms with van der Waals surface area (Å²) in [4.78, 5) is 93.5. The molecular weight excluding hydrogens is 584 g/mol. The zero-order valence-electron chi connectivity index (χ0n) is 24.9. The molecule has 1 aliphatic rings. The van der Waals surface area contributed by atoms with E-state index < -0.39 is 30.6 Å². The van der Waals surface area contributed by atoms with Crippen molar-refractivity contribution in [2.45, 2.75) is 70.4 Å². The summed E-state index contributed by atoms with van der Waals surface area (Å²) in [6.07, 6.45) is 4.73. The van der Waals surface area contributed by atoms with Crippen molar-refractivity contribution in [3.05, 3.63) is 12.2 Å². The lowest BCUT2D eigenvalue weighted by atomic mass is 10.1. The molecule has 1 heterocycles. The summed E-state index contributed by atoms with van der Waals surface area (Å²) < 4.78 is 15.0. The highest BCUT2D eigenvalue weighted by Gasteiger charge is 2.23. The zero-order valence-corrected chi connectivity index (χ0v) is 24.9. The van der Waals surface area contributed by atoms with Gasteiger partial charge in [0, 0.05) is 44.5 Å². The molecule has 44 heavy (non-hydrogen) atoms. The van der Waals surface area contributed by atoms with Crippen molar-refractivity contribution in [1.29, 1.82) is 0 Å². The molecule has 0 aromatic heterocycles. The van der Waals surface area contributed by atoms with Gasteiger partial charge in [-0.2, -0.15) is 0 Å². The number of carbonyl (C=O) groups is 8.